The van der Waals surface area contributed by atoms with Crippen LogP contribution in [0.2, 0.25) is 0 Å². The molecule has 0 N–H and O–H groups in total. The van der Waals surface area contributed by atoms with Crippen LogP contribution < -0.4 is 0 Å². The smallest absolute Gasteiger partial charge is 0.339 e. The monoisotopic (exact) mass is 478 g/mol. The lowest BCUT2D eigenvalue weighted by Gasteiger charge is -2.17. The molecule has 0 aromatic heterocycles. The number of thioether (sulfide) groups is 2. The summed E-state index contributed by atoms with van der Waals surface area (Å²) in [7, 11) is 1.28. The van der Waals surface area contributed by atoms with Crippen molar-refractivity contribution in [1.82, 2.24) is 9.80 Å². The molecule has 2 fully saturated rings. The van der Waals surface area contributed by atoms with E-state index in [0.29, 0.717) is 28.5 Å². The summed E-state index contributed by atoms with van der Waals surface area (Å²) in [5, 5.41) is 0.539. The van der Waals surface area contributed by atoms with E-state index in [1.165, 1.54) is 41.6 Å². The summed E-state index contributed by atoms with van der Waals surface area (Å²) in [5.41, 5.74) is 0.422. The summed E-state index contributed by atoms with van der Waals surface area (Å²) in [6.45, 7) is 2.07. The second-order valence-corrected chi connectivity index (χ2v) is 9.21. The van der Waals surface area contributed by atoms with Gasteiger partial charge in [-0.15, -0.1) is 11.8 Å². The van der Waals surface area contributed by atoms with Gasteiger partial charge in [-0.2, -0.15) is 0 Å². The third-order valence-corrected chi connectivity index (χ3v) is 7.11. The minimum atomic E-state index is -0.518. The Morgan fingerprint density at radius 1 is 1.19 bits per heavy atom. The molecule has 172 valence electrons. The van der Waals surface area contributed by atoms with Crippen LogP contribution in [0.25, 0.3) is 0 Å². The highest BCUT2D eigenvalue weighted by Crippen LogP contribution is 2.29. The third-order valence-electron chi connectivity index (χ3n) is 5.03. The predicted octanol–water partition coefficient (Wildman–Crippen LogP) is 2.54. The van der Waals surface area contributed by atoms with Crippen molar-refractivity contribution in [2.75, 3.05) is 44.9 Å². The Bertz CT molecular complexity index is 898. The Balaban J connectivity index is 1.48. The standard InChI is InChI=1S/C22H26N2O6S2/c1-29-21(27)13-20-24(19(26)15-32-20)11-6-12-30-22(28)16-7-2-3-8-17(16)31-14-18(25)23-9-4-5-10-23/h2-3,7-8,13H,4-6,9-12,14-15H2,1H3/b20-13+. The first-order valence-electron chi connectivity index (χ1n) is 10.4. The van der Waals surface area contributed by atoms with Gasteiger partial charge in [-0.05, 0) is 31.4 Å². The maximum absolute atomic E-state index is 12.6. The van der Waals surface area contributed by atoms with E-state index in [9.17, 15) is 19.2 Å². The van der Waals surface area contributed by atoms with Crippen LogP contribution in [0.5, 0.6) is 0 Å². The fraction of sp³-hybridized carbons (Fsp3) is 0.455. The van der Waals surface area contributed by atoms with Gasteiger partial charge in [-0.25, -0.2) is 9.59 Å². The van der Waals surface area contributed by atoms with Crippen molar-refractivity contribution in [2.45, 2.75) is 24.2 Å². The van der Waals surface area contributed by atoms with Crippen LogP contribution in [-0.4, -0.2) is 78.4 Å². The minimum absolute atomic E-state index is 0.0830. The molecule has 0 spiro atoms. The number of methoxy groups -OCH3 is 1. The summed E-state index contributed by atoms with van der Waals surface area (Å²) in [5.74, 6) is -0.441. The molecule has 1 aromatic rings. The average molecular weight is 479 g/mol. The number of esters is 2. The maximum Gasteiger partial charge on any atom is 0.339 e. The summed E-state index contributed by atoms with van der Waals surface area (Å²) in [6, 6.07) is 7.07. The van der Waals surface area contributed by atoms with Crippen molar-refractivity contribution < 1.29 is 28.7 Å². The Morgan fingerprint density at radius 3 is 2.69 bits per heavy atom. The fourth-order valence-corrected chi connectivity index (χ4v) is 5.25. The first kappa shape index (κ1) is 24.2. The van der Waals surface area contributed by atoms with E-state index in [-0.39, 0.29) is 29.9 Å². The number of benzene rings is 1. The van der Waals surface area contributed by atoms with Crippen LogP contribution in [0.15, 0.2) is 40.3 Å². The number of likely N-dealkylation sites (tertiary alicyclic amines) is 1. The highest BCUT2D eigenvalue weighted by atomic mass is 32.2. The zero-order valence-electron chi connectivity index (χ0n) is 17.9. The molecule has 2 amide bonds. The van der Waals surface area contributed by atoms with Gasteiger partial charge in [0.1, 0.15) is 0 Å². The fourth-order valence-electron chi connectivity index (χ4n) is 3.35. The highest BCUT2D eigenvalue weighted by molar-refractivity contribution is 8.04. The Hall–Kier alpha value is -2.46. The van der Waals surface area contributed by atoms with Gasteiger partial charge in [0.05, 0.1) is 41.9 Å². The van der Waals surface area contributed by atoms with Crippen LogP contribution in [0.1, 0.15) is 29.6 Å². The molecule has 0 saturated carbocycles. The van der Waals surface area contributed by atoms with Crippen molar-refractivity contribution in [2.24, 2.45) is 0 Å². The van der Waals surface area contributed by atoms with Gasteiger partial charge in [0.15, 0.2) is 0 Å². The zero-order chi connectivity index (χ0) is 22.9. The number of rotatable bonds is 9. The van der Waals surface area contributed by atoms with Crippen molar-refractivity contribution >= 4 is 47.3 Å². The van der Waals surface area contributed by atoms with Crippen molar-refractivity contribution in [3.8, 4) is 0 Å². The molecule has 2 aliphatic heterocycles. The molecule has 2 heterocycles. The SMILES string of the molecule is COC(=O)/C=C1/SCC(=O)N1CCCOC(=O)c1ccccc1SCC(=O)N1CCCC1. The lowest BCUT2D eigenvalue weighted by molar-refractivity contribution is -0.135. The molecule has 0 atom stereocenters. The number of nitrogens with zero attached hydrogens (tertiary/aromatic N) is 2. The van der Waals surface area contributed by atoms with E-state index in [1.54, 1.807) is 12.1 Å². The number of carbonyl (C=O) groups is 4. The molecule has 0 unspecified atom stereocenters. The second kappa shape index (κ2) is 12.0. The van der Waals surface area contributed by atoms with Crippen molar-refractivity contribution in [1.29, 1.82) is 0 Å². The largest absolute Gasteiger partial charge is 0.466 e. The molecule has 3 rings (SSSR count). The molecular weight excluding hydrogens is 452 g/mol. The minimum Gasteiger partial charge on any atom is -0.466 e. The number of carbonyl (C=O) groups excluding carboxylic acids is 4. The second-order valence-electron chi connectivity index (χ2n) is 7.20. The quantitative estimate of drug-likeness (QED) is 0.231. The molecular formula is C22H26N2O6S2. The Labute approximate surface area is 195 Å². The van der Waals surface area contributed by atoms with Crippen LogP contribution in [0, 0.1) is 0 Å². The lowest BCUT2D eigenvalue weighted by atomic mass is 10.2. The van der Waals surface area contributed by atoms with Gasteiger partial charge in [0.25, 0.3) is 0 Å². The first-order valence-corrected chi connectivity index (χ1v) is 12.4. The molecule has 1 aromatic carbocycles. The van der Waals surface area contributed by atoms with Crippen LogP contribution >= 0.6 is 23.5 Å². The maximum atomic E-state index is 12.6. The van der Waals surface area contributed by atoms with Crippen molar-refractivity contribution in [3.05, 3.63) is 40.9 Å². The Morgan fingerprint density at radius 2 is 1.94 bits per heavy atom. The summed E-state index contributed by atoms with van der Waals surface area (Å²) >= 11 is 2.62. The summed E-state index contributed by atoms with van der Waals surface area (Å²) in [4.78, 5) is 52.4. The zero-order valence-corrected chi connectivity index (χ0v) is 19.5. The van der Waals surface area contributed by atoms with E-state index in [1.807, 2.05) is 17.0 Å². The number of hydrogen-bond acceptors (Lipinski definition) is 8. The van der Waals surface area contributed by atoms with Gasteiger partial charge in [0.2, 0.25) is 11.8 Å². The van der Waals surface area contributed by atoms with Crippen LogP contribution in [-0.2, 0) is 23.9 Å². The van der Waals surface area contributed by atoms with E-state index in [2.05, 4.69) is 4.74 Å². The number of ether oxygens (including phenoxy) is 2. The van der Waals surface area contributed by atoms with Gasteiger partial charge in [-0.3, -0.25) is 9.59 Å². The molecule has 32 heavy (non-hydrogen) atoms. The third kappa shape index (κ3) is 6.52. The van der Waals surface area contributed by atoms with Gasteiger partial charge in [-0.1, -0.05) is 23.9 Å². The highest BCUT2D eigenvalue weighted by Gasteiger charge is 2.27. The van der Waals surface area contributed by atoms with Gasteiger partial charge >= 0.3 is 11.9 Å². The molecule has 0 bridgehead atoms. The topological polar surface area (TPSA) is 93.2 Å². The summed E-state index contributed by atoms with van der Waals surface area (Å²) < 4.78 is 10.0. The van der Waals surface area contributed by atoms with Crippen LogP contribution in [0.3, 0.4) is 0 Å². The van der Waals surface area contributed by atoms with E-state index >= 15 is 0 Å². The molecule has 8 nitrogen and oxygen atoms in total. The lowest BCUT2D eigenvalue weighted by Crippen LogP contribution is -2.29. The molecule has 10 heteroatoms. The van der Waals surface area contributed by atoms with Gasteiger partial charge in [0, 0.05) is 24.5 Å². The van der Waals surface area contributed by atoms with Crippen molar-refractivity contribution in [3.63, 3.8) is 0 Å². The Kier molecular flexibility index (Phi) is 9.04. The molecule has 0 radical (unpaired) electrons. The van der Waals surface area contributed by atoms with Gasteiger partial charge < -0.3 is 19.3 Å². The molecule has 2 saturated heterocycles. The van der Waals surface area contributed by atoms with E-state index in [0.717, 1.165) is 25.9 Å². The average Bonchev–Trinajstić information content (AvgIpc) is 3.46. The number of hydrogen-bond donors (Lipinski definition) is 0. The predicted molar refractivity (Wildman–Crippen MR) is 122 cm³/mol. The first-order chi connectivity index (χ1) is 15.5. The molecule has 0 aliphatic carbocycles. The molecule has 2 aliphatic rings. The normalized spacial score (nSPS) is 17.2. The van der Waals surface area contributed by atoms with Crippen LogP contribution in [0.4, 0.5) is 0 Å². The summed E-state index contributed by atoms with van der Waals surface area (Å²) in [6.07, 6.45) is 3.81. The van der Waals surface area contributed by atoms with E-state index in [4.69, 9.17) is 4.74 Å². The number of amides is 2. The van der Waals surface area contributed by atoms with E-state index < -0.39 is 11.9 Å².